The summed E-state index contributed by atoms with van der Waals surface area (Å²) in [6.45, 7) is 8.93. The first kappa shape index (κ1) is 14.8. The van der Waals surface area contributed by atoms with Gasteiger partial charge in [-0.05, 0) is 33.3 Å². The highest BCUT2D eigenvalue weighted by Crippen LogP contribution is 2.26. The van der Waals surface area contributed by atoms with Crippen LogP contribution in [0.4, 0.5) is 5.82 Å². The van der Waals surface area contributed by atoms with Crippen LogP contribution in [-0.4, -0.2) is 16.0 Å². The maximum Gasteiger partial charge on any atom is 0.171 e. The molecule has 2 aromatic rings. The molecule has 1 heterocycles. The number of rotatable bonds is 4. The molecule has 106 valence electrons. The first-order chi connectivity index (χ1) is 9.49. The monoisotopic (exact) mass is 289 g/mol. The van der Waals surface area contributed by atoms with E-state index in [2.05, 4.69) is 40.8 Å². The molecular formula is C16H20ClN3. The van der Waals surface area contributed by atoms with Crippen molar-refractivity contribution in [3.63, 3.8) is 0 Å². The Morgan fingerprint density at radius 3 is 2.25 bits per heavy atom. The number of aromatic nitrogens is 2. The number of anilines is 1. The van der Waals surface area contributed by atoms with E-state index in [0.29, 0.717) is 11.2 Å². The second-order valence-corrected chi connectivity index (χ2v) is 5.57. The highest BCUT2D eigenvalue weighted by atomic mass is 35.5. The first-order valence-electron chi connectivity index (χ1n) is 6.80. The Morgan fingerprint density at radius 2 is 1.65 bits per heavy atom. The van der Waals surface area contributed by atoms with E-state index < -0.39 is 0 Å². The van der Waals surface area contributed by atoms with Gasteiger partial charge in [0.25, 0.3) is 0 Å². The van der Waals surface area contributed by atoms with Gasteiger partial charge in [-0.15, -0.1) is 0 Å². The molecule has 3 nitrogen and oxygen atoms in total. The van der Waals surface area contributed by atoms with Crippen molar-refractivity contribution in [1.82, 2.24) is 9.97 Å². The van der Waals surface area contributed by atoms with Gasteiger partial charge in [-0.25, -0.2) is 9.97 Å². The predicted octanol–water partition coefficient (Wildman–Crippen LogP) is 4.16. The van der Waals surface area contributed by atoms with Crippen molar-refractivity contribution in [3.8, 4) is 0 Å². The summed E-state index contributed by atoms with van der Waals surface area (Å²) in [4.78, 5) is 11.2. The van der Waals surface area contributed by atoms with Crippen molar-refractivity contribution >= 4 is 17.4 Å². The smallest absolute Gasteiger partial charge is 0.171 e. The predicted molar refractivity (Wildman–Crippen MR) is 84.3 cm³/mol. The van der Waals surface area contributed by atoms with Crippen LogP contribution in [0, 0.1) is 13.8 Å². The van der Waals surface area contributed by atoms with Gasteiger partial charge in [-0.3, -0.25) is 0 Å². The van der Waals surface area contributed by atoms with Crippen LogP contribution in [-0.2, 0) is 6.54 Å². The molecule has 4 heteroatoms. The van der Waals surface area contributed by atoms with E-state index >= 15 is 0 Å². The van der Waals surface area contributed by atoms with Gasteiger partial charge < -0.3 is 4.90 Å². The Kier molecular flexibility index (Phi) is 4.61. The molecule has 0 unspecified atom stereocenters. The first-order valence-corrected chi connectivity index (χ1v) is 7.18. The average molecular weight is 290 g/mol. The Labute approximate surface area is 125 Å². The lowest BCUT2D eigenvalue weighted by atomic mass is 10.2. The lowest BCUT2D eigenvalue weighted by molar-refractivity contribution is 0.668. The van der Waals surface area contributed by atoms with Crippen LogP contribution in [0.2, 0.25) is 5.15 Å². The fourth-order valence-electron chi connectivity index (χ4n) is 2.03. The molecule has 1 aromatic carbocycles. The third-order valence-corrected chi connectivity index (χ3v) is 3.59. The van der Waals surface area contributed by atoms with E-state index in [9.17, 15) is 0 Å². The molecule has 0 aliphatic heterocycles. The third kappa shape index (κ3) is 3.28. The summed E-state index contributed by atoms with van der Waals surface area (Å²) >= 11 is 6.29. The van der Waals surface area contributed by atoms with Gasteiger partial charge in [-0.1, -0.05) is 41.9 Å². The summed E-state index contributed by atoms with van der Waals surface area (Å²) in [5.41, 5.74) is 3.03. The van der Waals surface area contributed by atoms with Crippen LogP contribution < -0.4 is 4.90 Å². The fourth-order valence-corrected chi connectivity index (χ4v) is 2.31. The quantitative estimate of drug-likeness (QED) is 0.846. The summed E-state index contributed by atoms with van der Waals surface area (Å²) < 4.78 is 0. The van der Waals surface area contributed by atoms with Crippen LogP contribution in [0.5, 0.6) is 0 Å². The molecule has 0 amide bonds. The minimum Gasteiger partial charge on any atom is -0.347 e. The minimum atomic E-state index is 0.295. The van der Waals surface area contributed by atoms with Crippen molar-refractivity contribution in [1.29, 1.82) is 0 Å². The van der Waals surface area contributed by atoms with Crippen molar-refractivity contribution in [3.05, 3.63) is 52.4 Å². The molecule has 20 heavy (non-hydrogen) atoms. The summed E-state index contributed by atoms with van der Waals surface area (Å²) in [6.07, 6.45) is 0. The molecule has 0 aliphatic carbocycles. The third-order valence-electron chi connectivity index (χ3n) is 3.34. The van der Waals surface area contributed by atoms with E-state index in [1.165, 1.54) is 5.56 Å². The number of nitrogens with zero attached hydrogens (tertiary/aromatic N) is 3. The Balaban J connectivity index is 2.37. The number of hydrogen-bond donors (Lipinski definition) is 0. The fraction of sp³-hybridized carbons (Fsp3) is 0.375. The summed E-state index contributed by atoms with van der Waals surface area (Å²) in [5.74, 6) is 0.758. The maximum absolute atomic E-state index is 6.29. The molecule has 0 spiro atoms. The van der Waals surface area contributed by atoms with Crippen molar-refractivity contribution in [2.75, 3.05) is 4.90 Å². The van der Waals surface area contributed by atoms with Crippen molar-refractivity contribution in [2.45, 2.75) is 40.3 Å². The van der Waals surface area contributed by atoms with E-state index in [1.807, 2.05) is 32.0 Å². The SMILES string of the molecule is Cc1nc(Cl)c(N(Cc2ccccc2)C(C)C)nc1C. The Bertz CT molecular complexity index is 582. The number of halogens is 1. The zero-order chi connectivity index (χ0) is 14.7. The average Bonchev–Trinajstić information content (AvgIpc) is 2.41. The zero-order valence-corrected chi connectivity index (χ0v) is 13.1. The molecule has 0 atom stereocenters. The molecular weight excluding hydrogens is 270 g/mol. The molecule has 0 saturated heterocycles. The van der Waals surface area contributed by atoms with Gasteiger partial charge >= 0.3 is 0 Å². The van der Waals surface area contributed by atoms with Gasteiger partial charge in [0.1, 0.15) is 0 Å². The van der Waals surface area contributed by atoms with E-state index in [0.717, 1.165) is 23.8 Å². The van der Waals surface area contributed by atoms with Gasteiger partial charge in [0, 0.05) is 12.6 Å². The van der Waals surface area contributed by atoms with Crippen LogP contribution in [0.3, 0.4) is 0 Å². The zero-order valence-electron chi connectivity index (χ0n) is 12.4. The molecule has 2 rings (SSSR count). The molecule has 0 radical (unpaired) electrons. The van der Waals surface area contributed by atoms with E-state index in [-0.39, 0.29) is 0 Å². The molecule has 0 fully saturated rings. The van der Waals surface area contributed by atoms with Gasteiger partial charge in [0.15, 0.2) is 11.0 Å². The van der Waals surface area contributed by atoms with E-state index in [4.69, 9.17) is 11.6 Å². The molecule has 1 aromatic heterocycles. The van der Waals surface area contributed by atoms with E-state index in [1.54, 1.807) is 0 Å². The Morgan fingerprint density at radius 1 is 1.05 bits per heavy atom. The largest absolute Gasteiger partial charge is 0.347 e. The van der Waals surface area contributed by atoms with Gasteiger partial charge in [0.05, 0.1) is 11.4 Å². The van der Waals surface area contributed by atoms with Crippen LogP contribution >= 0.6 is 11.6 Å². The molecule has 0 aliphatic rings. The summed E-state index contributed by atoms with van der Waals surface area (Å²) in [5, 5.41) is 0.470. The molecule has 0 saturated carbocycles. The second-order valence-electron chi connectivity index (χ2n) is 5.22. The lowest BCUT2D eigenvalue weighted by Gasteiger charge is -2.28. The van der Waals surface area contributed by atoms with Crippen LogP contribution in [0.15, 0.2) is 30.3 Å². The van der Waals surface area contributed by atoms with Crippen molar-refractivity contribution < 1.29 is 0 Å². The maximum atomic E-state index is 6.29. The molecule has 0 N–H and O–H groups in total. The van der Waals surface area contributed by atoms with Crippen molar-refractivity contribution in [2.24, 2.45) is 0 Å². The normalized spacial score (nSPS) is 10.9. The topological polar surface area (TPSA) is 29.0 Å². The summed E-state index contributed by atoms with van der Waals surface area (Å²) in [7, 11) is 0. The van der Waals surface area contributed by atoms with Gasteiger partial charge in [-0.2, -0.15) is 0 Å². The number of hydrogen-bond acceptors (Lipinski definition) is 3. The lowest BCUT2D eigenvalue weighted by Crippen LogP contribution is -2.31. The second kappa shape index (κ2) is 6.23. The highest BCUT2D eigenvalue weighted by molar-refractivity contribution is 6.31. The highest BCUT2D eigenvalue weighted by Gasteiger charge is 2.18. The number of aryl methyl sites for hydroxylation is 2. The Hall–Kier alpha value is -1.61. The van der Waals surface area contributed by atoms with Crippen LogP contribution in [0.1, 0.15) is 30.8 Å². The van der Waals surface area contributed by atoms with Crippen LogP contribution in [0.25, 0.3) is 0 Å². The van der Waals surface area contributed by atoms with Gasteiger partial charge in [0.2, 0.25) is 0 Å². The molecule has 0 bridgehead atoms. The minimum absolute atomic E-state index is 0.295. The number of benzene rings is 1. The summed E-state index contributed by atoms with van der Waals surface area (Å²) in [6, 6.07) is 10.6. The standard InChI is InChI=1S/C16H20ClN3/c1-11(2)20(10-14-8-6-5-7-9-14)16-15(17)18-12(3)13(4)19-16/h5-9,11H,10H2,1-4H3.